The van der Waals surface area contributed by atoms with E-state index in [9.17, 15) is 4.79 Å². The Labute approximate surface area is 119 Å². The fraction of sp³-hybridized carbons (Fsp3) is 0.643. The summed E-state index contributed by atoms with van der Waals surface area (Å²) in [7, 11) is 1.50. The predicted molar refractivity (Wildman–Crippen MR) is 73.8 cm³/mol. The highest BCUT2D eigenvalue weighted by molar-refractivity contribution is 5.93. The number of likely N-dealkylation sites (tertiary alicyclic amines) is 1. The molecule has 1 fully saturated rings. The Kier molecular flexibility index (Phi) is 5.29. The molecule has 20 heavy (non-hydrogen) atoms. The van der Waals surface area contributed by atoms with Crippen LogP contribution in [0.25, 0.3) is 0 Å². The van der Waals surface area contributed by atoms with Gasteiger partial charge in [0.15, 0.2) is 0 Å². The maximum absolute atomic E-state index is 12.4. The zero-order valence-corrected chi connectivity index (χ0v) is 12.0. The topological polar surface area (TPSA) is 64.5 Å². The number of methoxy groups -OCH3 is 1. The molecule has 0 N–H and O–H groups in total. The van der Waals surface area contributed by atoms with Crippen LogP contribution in [-0.4, -0.2) is 53.7 Å². The molecule has 1 aliphatic rings. The van der Waals surface area contributed by atoms with Crippen molar-refractivity contribution in [2.75, 3.05) is 26.8 Å². The van der Waals surface area contributed by atoms with Gasteiger partial charge in [-0.1, -0.05) is 6.92 Å². The maximum atomic E-state index is 12.4. The lowest BCUT2D eigenvalue weighted by Crippen LogP contribution is -2.43. The SMILES string of the molecule is CCCO[C@H]1CCCN(C(=O)c2cnc(OC)nc2)C1. The van der Waals surface area contributed by atoms with Crippen LogP contribution in [0.2, 0.25) is 0 Å². The molecule has 2 heterocycles. The summed E-state index contributed by atoms with van der Waals surface area (Å²) in [5.41, 5.74) is 0.488. The Morgan fingerprint density at radius 1 is 1.45 bits per heavy atom. The summed E-state index contributed by atoms with van der Waals surface area (Å²) < 4.78 is 10.6. The number of piperidine rings is 1. The monoisotopic (exact) mass is 279 g/mol. The summed E-state index contributed by atoms with van der Waals surface area (Å²) >= 11 is 0. The van der Waals surface area contributed by atoms with Crippen molar-refractivity contribution in [3.63, 3.8) is 0 Å². The van der Waals surface area contributed by atoms with E-state index in [4.69, 9.17) is 9.47 Å². The van der Waals surface area contributed by atoms with Gasteiger partial charge in [0.1, 0.15) is 0 Å². The number of hydrogen-bond donors (Lipinski definition) is 0. The first kappa shape index (κ1) is 14.7. The molecule has 0 saturated carbocycles. The number of hydrogen-bond acceptors (Lipinski definition) is 5. The maximum Gasteiger partial charge on any atom is 0.316 e. The van der Waals surface area contributed by atoms with E-state index in [1.807, 2.05) is 4.90 Å². The molecule has 1 saturated heterocycles. The standard InChI is InChI=1S/C14H21N3O3/c1-3-7-20-12-5-4-6-17(10-12)13(18)11-8-15-14(19-2)16-9-11/h8-9,12H,3-7,10H2,1-2H3/t12-/m0/s1. The molecule has 0 unspecified atom stereocenters. The summed E-state index contributed by atoms with van der Waals surface area (Å²) in [4.78, 5) is 22.1. The largest absolute Gasteiger partial charge is 0.467 e. The lowest BCUT2D eigenvalue weighted by atomic mass is 10.1. The third-order valence-electron chi connectivity index (χ3n) is 3.28. The molecule has 0 aliphatic carbocycles. The summed E-state index contributed by atoms with van der Waals surface area (Å²) in [5.74, 6) is -0.0440. The summed E-state index contributed by atoms with van der Waals surface area (Å²) in [6.45, 7) is 4.24. The molecule has 6 nitrogen and oxygen atoms in total. The van der Waals surface area contributed by atoms with Gasteiger partial charge in [-0.05, 0) is 19.3 Å². The Morgan fingerprint density at radius 3 is 2.85 bits per heavy atom. The fourth-order valence-corrected chi connectivity index (χ4v) is 2.26. The van der Waals surface area contributed by atoms with Crippen molar-refractivity contribution in [2.24, 2.45) is 0 Å². The molecule has 1 aliphatic heterocycles. The van der Waals surface area contributed by atoms with Crippen molar-refractivity contribution in [2.45, 2.75) is 32.3 Å². The van der Waals surface area contributed by atoms with Crippen LogP contribution in [0.4, 0.5) is 0 Å². The first-order chi connectivity index (χ1) is 9.74. The number of amides is 1. The van der Waals surface area contributed by atoms with Gasteiger partial charge in [-0.2, -0.15) is 0 Å². The molecule has 1 aromatic heterocycles. The van der Waals surface area contributed by atoms with E-state index in [2.05, 4.69) is 16.9 Å². The lowest BCUT2D eigenvalue weighted by molar-refractivity contribution is 0.00208. The van der Waals surface area contributed by atoms with Crippen molar-refractivity contribution in [3.05, 3.63) is 18.0 Å². The van der Waals surface area contributed by atoms with E-state index in [0.717, 1.165) is 32.4 Å². The second-order valence-corrected chi connectivity index (χ2v) is 4.84. The summed E-state index contributed by atoms with van der Waals surface area (Å²) in [6, 6.07) is 0.268. The van der Waals surface area contributed by atoms with Crippen LogP contribution < -0.4 is 4.74 Å². The second-order valence-electron chi connectivity index (χ2n) is 4.84. The van der Waals surface area contributed by atoms with Gasteiger partial charge < -0.3 is 14.4 Å². The molecule has 0 bridgehead atoms. The highest BCUT2D eigenvalue weighted by Gasteiger charge is 2.25. The van der Waals surface area contributed by atoms with E-state index in [1.165, 1.54) is 19.5 Å². The molecular weight excluding hydrogens is 258 g/mol. The summed E-state index contributed by atoms with van der Waals surface area (Å²) in [6.07, 6.45) is 6.14. The number of rotatable bonds is 5. The molecule has 6 heteroatoms. The molecule has 0 aromatic carbocycles. The van der Waals surface area contributed by atoms with E-state index in [1.54, 1.807) is 0 Å². The van der Waals surface area contributed by atoms with Crippen molar-refractivity contribution in [3.8, 4) is 6.01 Å². The van der Waals surface area contributed by atoms with Crippen LogP contribution in [0.3, 0.4) is 0 Å². The average Bonchev–Trinajstić information content (AvgIpc) is 2.52. The van der Waals surface area contributed by atoms with Gasteiger partial charge in [-0.3, -0.25) is 4.79 Å². The quantitative estimate of drug-likeness (QED) is 0.817. The highest BCUT2D eigenvalue weighted by atomic mass is 16.5. The van der Waals surface area contributed by atoms with E-state index in [-0.39, 0.29) is 18.0 Å². The molecule has 110 valence electrons. The van der Waals surface area contributed by atoms with Gasteiger partial charge >= 0.3 is 6.01 Å². The minimum atomic E-state index is -0.0440. The van der Waals surface area contributed by atoms with Gasteiger partial charge in [0.05, 0.1) is 18.8 Å². The fourth-order valence-electron chi connectivity index (χ4n) is 2.26. The van der Waals surface area contributed by atoms with Crippen molar-refractivity contribution >= 4 is 5.91 Å². The van der Waals surface area contributed by atoms with E-state index >= 15 is 0 Å². The Hall–Kier alpha value is -1.69. The Bertz CT molecular complexity index is 436. The lowest BCUT2D eigenvalue weighted by Gasteiger charge is -2.32. The average molecular weight is 279 g/mol. The van der Waals surface area contributed by atoms with Gasteiger partial charge in [0.2, 0.25) is 0 Å². The third-order valence-corrected chi connectivity index (χ3v) is 3.28. The molecule has 1 atom stereocenters. The molecule has 0 radical (unpaired) electrons. The Balaban J connectivity index is 1.96. The van der Waals surface area contributed by atoms with Crippen LogP contribution in [0.1, 0.15) is 36.5 Å². The molecule has 1 aromatic rings. The number of ether oxygens (including phenoxy) is 2. The Morgan fingerprint density at radius 2 is 2.20 bits per heavy atom. The number of carbonyl (C=O) groups is 1. The normalized spacial score (nSPS) is 18.9. The molecule has 0 spiro atoms. The van der Waals surface area contributed by atoms with Crippen LogP contribution in [0.15, 0.2) is 12.4 Å². The molecular formula is C14H21N3O3. The summed E-state index contributed by atoms with van der Waals surface area (Å²) in [5, 5.41) is 0. The number of aromatic nitrogens is 2. The zero-order chi connectivity index (χ0) is 14.4. The predicted octanol–water partition coefficient (Wildman–Crippen LogP) is 1.52. The van der Waals surface area contributed by atoms with Crippen LogP contribution in [0.5, 0.6) is 6.01 Å². The van der Waals surface area contributed by atoms with Crippen molar-refractivity contribution < 1.29 is 14.3 Å². The number of nitrogens with zero attached hydrogens (tertiary/aromatic N) is 3. The van der Waals surface area contributed by atoms with Gasteiger partial charge in [0.25, 0.3) is 5.91 Å². The van der Waals surface area contributed by atoms with E-state index in [0.29, 0.717) is 12.1 Å². The van der Waals surface area contributed by atoms with Gasteiger partial charge in [0, 0.05) is 32.1 Å². The van der Waals surface area contributed by atoms with Crippen LogP contribution >= 0.6 is 0 Å². The minimum Gasteiger partial charge on any atom is -0.467 e. The van der Waals surface area contributed by atoms with Crippen LogP contribution in [0, 0.1) is 0 Å². The van der Waals surface area contributed by atoms with Crippen molar-refractivity contribution in [1.82, 2.24) is 14.9 Å². The van der Waals surface area contributed by atoms with E-state index < -0.39 is 0 Å². The third kappa shape index (κ3) is 3.66. The number of carbonyl (C=O) groups excluding carboxylic acids is 1. The van der Waals surface area contributed by atoms with Gasteiger partial charge in [-0.25, -0.2) is 9.97 Å². The minimum absolute atomic E-state index is 0.0440. The highest BCUT2D eigenvalue weighted by Crippen LogP contribution is 2.16. The first-order valence-corrected chi connectivity index (χ1v) is 7.01. The molecule has 1 amide bonds. The van der Waals surface area contributed by atoms with Crippen molar-refractivity contribution in [1.29, 1.82) is 0 Å². The first-order valence-electron chi connectivity index (χ1n) is 7.01. The molecule has 2 rings (SSSR count). The zero-order valence-electron chi connectivity index (χ0n) is 12.0. The second kappa shape index (κ2) is 7.19. The van der Waals surface area contributed by atoms with Crippen LogP contribution in [-0.2, 0) is 4.74 Å². The van der Waals surface area contributed by atoms with Gasteiger partial charge in [-0.15, -0.1) is 0 Å². The smallest absolute Gasteiger partial charge is 0.316 e.